The Bertz CT molecular complexity index is 353. The second-order valence-corrected chi connectivity index (χ2v) is 3.78. The lowest BCUT2D eigenvalue weighted by molar-refractivity contribution is -0.114. The highest BCUT2D eigenvalue weighted by molar-refractivity contribution is 5.90. The molecule has 1 aromatic carbocycles. The number of hydrogen-bond acceptors (Lipinski definition) is 3. The fourth-order valence-corrected chi connectivity index (χ4v) is 1.42. The topological polar surface area (TPSA) is 50.4 Å². The summed E-state index contributed by atoms with van der Waals surface area (Å²) >= 11 is 0. The molecular formula is C13H20N2O2. The first-order chi connectivity index (χ1) is 8.24. The molecule has 17 heavy (non-hydrogen) atoms. The van der Waals surface area contributed by atoms with Gasteiger partial charge in [0.25, 0.3) is 0 Å². The summed E-state index contributed by atoms with van der Waals surface area (Å²) < 4.78 is 5.61. The third kappa shape index (κ3) is 5.36. The van der Waals surface area contributed by atoms with Crippen LogP contribution in [0.4, 0.5) is 5.69 Å². The molecule has 0 saturated carbocycles. The summed E-state index contributed by atoms with van der Waals surface area (Å²) in [4.78, 5) is 11.0. The van der Waals surface area contributed by atoms with Crippen LogP contribution in [-0.4, -0.2) is 25.6 Å². The molecular weight excluding hydrogens is 216 g/mol. The molecule has 0 saturated heterocycles. The standard InChI is InChI=1S/C13H20N2O2/c1-3-8-14-9-10-17-13-7-5-4-6-12(13)15-11(2)16/h4-7,14H,3,8-10H2,1-2H3,(H,15,16). The summed E-state index contributed by atoms with van der Waals surface area (Å²) in [7, 11) is 0. The van der Waals surface area contributed by atoms with Crippen molar-refractivity contribution in [1.82, 2.24) is 5.32 Å². The van der Waals surface area contributed by atoms with Gasteiger partial charge in [-0.15, -0.1) is 0 Å². The maximum absolute atomic E-state index is 11.0. The van der Waals surface area contributed by atoms with Gasteiger partial charge >= 0.3 is 0 Å². The smallest absolute Gasteiger partial charge is 0.221 e. The lowest BCUT2D eigenvalue weighted by Crippen LogP contribution is -2.21. The molecule has 4 nitrogen and oxygen atoms in total. The number of hydrogen-bond donors (Lipinski definition) is 2. The zero-order chi connectivity index (χ0) is 12.5. The Kier molecular flexibility index (Phi) is 6.10. The van der Waals surface area contributed by atoms with Gasteiger partial charge in [0.2, 0.25) is 5.91 Å². The van der Waals surface area contributed by atoms with Gasteiger partial charge < -0.3 is 15.4 Å². The molecule has 0 aliphatic rings. The highest BCUT2D eigenvalue weighted by Crippen LogP contribution is 2.23. The van der Waals surface area contributed by atoms with Crippen LogP contribution in [0, 0.1) is 0 Å². The monoisotopic (exact) mass is 236 g/mol. The van der Waals surface area contributed by atoms with E-state index >= 15 is 0 Å². The number of carbonyl (C=O) groups is 1. The lowest BCUT2D eigenvalue weighted by Gasteiger charge is -2.11. The third-order valence-corrected chi connectivity index (χ3v) is 2.16. The number of amides is 1. The van der Waals surface area contributed by atoms with Gasteiger partial charge in [0.1, 0.15) is 12.4 Å². The van der Waals surface area contributed by atoms with Gasteiger partial charge in [-0.3, -0.25) is 4.79 Å². The van der Waals surface area contributed by atoms with Crippen molar-refractivity contribution >= 4 is 11.6 Å². The van der Waals surface area contributed by atoms with E-state index in [9.17, 15) is 4.79 Å². The van der Waals surface area contributed by atoms with E-state index in [4.69, 9.17) is 4.74 Å². The highest BCUT2D eigenvalue weighted by Gasteiger charge is 2.03. The summed E-state index contributed by atoms with van der Waals surface area (Å²) in [6.45, 7) is 6.01. The molecule has 4 heteroatoms. The minimum absolute atomic E-state index is 0.0924. The summed E-state index contributed by atoms with van der Waals surface area (Å²) in [6.07, 6.45) is 1.11. The van der Waals surface area contributed by atoms with E-state index in [1.165, 1.54) is 6.92 Å². The molecule has 0 heterocycles. The first kappa shape index (κ1) is 13.5. The van der Waals surface area contributed by atoms with Crippen LogP contribution in [0.25, 0.3) is 0 Å². The van der Waals surface area contributed by atoms with Crippen molar-refractivity contribution in [1.29, 1.82) is 0 Å². The van der Waals surface area contributed by atoms with Gasteiger partial charge in [-0.2, -0.15) is 0 Å². The molecule has 94 valence electrons. The Morgan fingerprint density at radius 2 is 2.06 bits per heavy atom. The van der Waals surface area contributed by atoms with Gasteiger partial charge in [-0.05, 0) is 25.1 Å². The number of nitrogens with one attached hydrogen (secondary N) is 2. The van der Waals surface area contributed by atoms with E-state index in [1.807, 2.05) is 24.3 Å². The molecule has 0 aliphatic heterocycles. The third-order valence-electron chi connectivity index (χ3n) is 2.16. The Labute approximate surface area is 102 Å². The maximum Gasteiger partial charge on any atom is 0.221 e. The normalized spacial score (nSPS) is 10.0. The number of anilines is 1. The zero-order valence-corrected chi connectivity index (χ0v) is 10.5. The van der Waals surface area contributed by atoms with Crippen molar-refractivity contribution in [3.05, 3.63) is 24.3 Å². The molecule has 0 spiro atoms. The van der Waals surface area contributed by atoms with E-state index in [0.29, 0.717) is 12.4 Å². The molecule has 0 aliphatic carbocycles. The van der Waals surface area contributed by atoms with Gasteiger partial charge in [0, 0.05) is 13.5 Å². The molecule has 1 aromatic rings. The van der Waals surface area contributed by atoms with Crippen molar-refractivity contribution in [2.75, 3.05) is 25.0 Å². The van der Waals surface area contributed by atoms with Crippen LogP contribution in [0.5, 0.6) is 5.75 Å². The predicted octanol–water partition coefficient (Wildman–Crippen LogP) is 2.02. The zero-order valence-electron chi connectivity index (χ0n) is 10.5. The second-order valence-electron chi connectivity index (χ2n) is 3.78. The van der Waals surface area contributed by atoms with Crippen LogP contribution >= 0.6 is 0 Å². The fraction of sp³-hybridized carbons (Fsp3) is 0.462. The van der Waals surface area contributed by atoms with Crippen LogP contribution in [0.1, 0.15) is 20.3 Å². The molecule has 0 aromatic heterocycles. The second kappa shape index (κ2) is 7.68. The molecule has 2 N–H and O–H groups in total. The Morgan fingerprint density at radius 3 is 2.76 bits per heavy atom. The Balaban J connectivity index is 2.43. The minimum Gasteiger partial charge on any atom is -0.490 e. The lowest BCUT2D eigenvalue weighted by atomic mass is 10.3. The van der Waals surface area contributed by atoms with Gasteiger partial charge in [0.15, 0.2) is 0 Å². The molecule has 1 amide bonds. The number of para-hydroxylation sites is 2. The van der Waals surface area contributed by atoms with Crippen LogP contribution < -0.4 is 15.4 Å². The summed E-state index contributed by atoms with van der Waals surface area (Å²) in [5.41, 5.74) is 0.718. The maximum atomic E-state index is 11.0. The van der Waals surface area contributed by atoms with Crippen LogP contribution in [0.3, 0.4) is 0 Å². The number of rotatable bonds is 7. The van der Waals surface area contributed by atoms with Crippen LogP contribution in [0.2, 0.25) is 0 Å². The predicted molar refractivity (Wildman–Crippen MR) is 69.4 cm³/mol. The molecule has 0 radical (unpaired) electrons. The van der Waals surface area contributed by atoms with Crippen molar-refractivity contribution in [3.63, 3.8) is 0 Å². The average molecular weight is 236 g/mol. The van der Waals surface area contributed by atoms with Crippen molar-refractivity contribution in [3.8, 4) is 5.75 Å². The van der Waals surface area contributed by atoms with Gasteiger partial charge in [-0.25, -0.2) is 0 Å². The van der Waals surface area contributed by atoms with Gasteiger partial charge in [0.05, 0.1) is 5.69 Å². The first-order valence-electron chi connectivity index (χ1n) is 5.94. The van der Waals surface area contributed by atoms with E-state index in [-0.39, 0.29) is 5.91 Å². The first-order valence-corrected chi connectivity index (χ1v) is 5.94. The quantitative estimate of drug-likeness (QED) is 0.712. The summed E-state index contributed by atoms with van der Waals surface area (Å²) in [5, 5.41) is 5.99. The Hall–Kier alpha value is -1.55. The van der Waals surface area contributed by atoms with Crippen molar-refractivity contribution in [2.24, 2.45) is 0 Å². The highest BCUT2D eigenvalue weighted by atomic mass is 16.5. The van der Waals surface area contributed by atoms with Crippen molar-refractivity contribution < 1.29 is 9.53 Å². The Morgan fingerprint density at radius 1 is 1.29 bits per heavy atom. The van der Waals surface area contributed by atoms with Gasteiger partial charge in [-0.1, -0.05) is 19.1 Å². The fourth-order valence-electron chi connectivity index (χ4n) is 1.42. The molecule has 1 rings (SSSR count). The summed E-state index contributed by atoms with van der Waals surface area (Å²) in [5.74, 6) is 0.617. The van der Waals surface area contributed by atoms with E-state index < -0.39 is 0 Å². The molecule has 0 fully saturated rings. The molecule has 0 bridgehead atoms. The average Bonchev–Trinajstić information content (AvgIpc) is 2.30. The summed E-state index contributed by atoms with van der Waals surface area (Å²) in [6, 6.07) is 7.44. The van der Waals surface area contributed by atoms with Crippen LogP contribution in [-0.2, 0) is 4.79 Å². The van der Waals surface area contributed by atoms with Crippen molar-refractivity contribution in [2.45, 2.75) is 20.3 Å². The largest absolute Gasteiger partial charge is 0.490 e. The van der Waals surface area contributed by atoms with E-state index in [0.717, 1.165) is 25.2 Å². The van der Waals surface area contributed by atoms with E-state index in [1.54, 1.807) is 0 Å². The minimum atomic E-state index is -0.0924. The molecule has 0 atom stereocenters. The SMILES string of the molecule is CCCNCCOc1ccccc1NC(C)=O. The van der Waals surface area contributed by atoms with Crippen LogP contribution in [0.15, 0.2) is 24.3 Å². The number of carbonyl (C=O) groups excluding carboxylic acids is 1. The number of benzene rings is 1. The molecule has 0 unspecified atom stereocenters. The van der Waals surface area contributed by atoms with E-state index in [2.05, 4.69) is 17.6 Å². The number of ether oxygens (including phenoxy) is 1.